The first-order valence-electron chi connectivity index (χ1n) is 13.6. The number of hydrogen-bond acceptors (Lipinski definition) is 7. The summed E-state index contributed by atoms with van der Waals surface area (Å²) in [5, 5.41) is 3.51. The van der Waals surface area contributed by atoms with Crippen LogP contribution in [0, 0.1) is 0 Å². The van der Waals surface area contributed by atoms with Gasteiger partial charge in [0.25, 0.3) is 11.8 Å². The van der Waals surface area contributed by atoms with Gasteiger partial charge in [-0.1, -0.05) is 11.6 Å². The molecule has 4 heterocycles. The monoisotopic (exact) mass is 612 g/mol. The molecule has 1 aromatic carbocycles. The molecule has 2 aliphatic heterocycles. The molecule has 1 N–H and O–H groups in total. The zero-order valence-corrected chi connectivity index (χ0v) is 23.7. The van der Waals surface area contributed by atoms with E-state index in [-0.39, 0.29) is 48.0 Å². The predicted octanol–water partition coefficient (Wildman–Crippen LogP) is 5.51. The number of pyridine rings is 1. The Morgan fingerprint density at radius 3 is 2.36 bits per heavy atom. The maximum absolute atomic E-state index is 13.9. The standard InChI is InChI=1S/C28H30ClF5N6O2/c1-16-14-40(15-17(2)42-16)23-6-3-19-21(38-23)5-4-20(29)24(19)25(41)35-13-22(39-9-7-27(30,31)8-10-39)18-11-36-26(37-12-18)28(32,33)34/h3-6,11-12,16-17,22H,7-10,13-15H2,1-2H3,(H,35,41). The number of benzene rings is 1. The Morgan fingerprint density at radius 1 is 1.10 bits per heavy atom. The van der Waals surface area contributed by atoms with E-state index in [0.29, 0.717) is 24.0 Å². The van der Waals surface area contributed by atoms with Gasteiger partial charge in [0.05, 0.1) is 34.4 Å². The summed E-state index contributed by atoms with van der Waals surface area (Å²) < 4.78 is 72.6. The molecule has 226 valence electrons. The number of halogens is 6. The number of anilines is 1. The summed E-state index contributed by atoms with van der Waals surface area (Å²) in [6.45, 7) is 5.18. The van der Waals surface area contributed by atoms with Crippen molar-refractivity contribution in [2.24, 2.45) is 0 Å². The Labute approximate surface area is 244 Å². The van der Waals surface area contributed by atoms with Crippen molar-refractivity contribution >= 4 is 34.2 Å². The number of aromatic nitrogens is 3. The van der Waals surface area contributed by atoms with Gasteiger partial charge in [-0.3, -0.25) is 9.69 Å². The van der Waals surface area contributed by atoms with Crippen molar-refractivity contribution in [1.29, 1.82) is 0 Å². The van der Waals surface area contributed by atoms with Gasteiger partial charge in [-0.25, -0.2) is 23.7 Å². The summed E-state index contributed by atoms with van der Waals surface area (Å²) in [5.41, 5.74) is 1.00. The molecule has 0 saturated carbocycles. The maximum Gasteiger partial charge on any atom is 0.451 e. The Morgan fingerprint density at radius 2 is 1.74 bits per heavy atom. The van der Waals surface area contributed by atoms with Crippen LogP contribution in [0.4, 0.5) is 27.8 Å². The maximum atomic E-state index is 13.9. The number of ether oxygens (including phenoxy) is 1. The molecule has 1 amide bonds. The van der Waals surface area contributed by atoms with Crippen molar-refractivity contribution in [3.8, 4) is 0 Å². The Hall–Kier alpha value is -3.16. The molecule has 0 bridgehead atoms. The van der Waals surface area contributed by atoms with Gasteiger partial charge in [0.15, 0.2) is 0 Å². The zero-order chi connectivity index (χ0) is 30.2. The van der Waals surface area contributed by atoms with Crippen molar-refractivity contribution in [2.45, 2.75) is 57.0 Å². The Bertz CT molecular complexity index is 1420. The highest BCUT2D eigenvalue weighted by atomic mass is 35.5. The number of rotatable bonds is 6. The fourth-order valence-electron chi connectivity index (χ4n) is 5.49. The number of nitrogens with zero attached hydrogens (tertiary/aromatic N) is 5. The first kappa shape index (κ1) is 30.3. The van der Waals surface area contributed by atoms with E-state index in [1.165, 1.54) is 0 Å². The molecular formula is C28H30ClF5N6O2. The molecule has 14 heteroatoms. The molecular weight excluding hydrogens is 583 g/mol. The molecule has 42 heavy (non-hydrogen) atoms. The molecule has 8 nitrogen and oxygen atoms in total. The average Bonchev–Trinajstić information content (AvgIpc) is 2.92. The van der Waals surface area contributed by atoms with Crippen LogP contribution in [0.5, 0.6) is 0 Å². The van der Waals surface area contributed by atoms with Crippen molar-refractivity contribution in [3.63, 3.8) is 0 Å². The van der Waals surface area contributed by atoms with Gasteiger partial charge < -0.3 is 15.0 Å². The molecule has 0 spiro atoms. The molecule has 3 unspecified atom stereocenters. The normalized spacial score (nSPS) is 22.2. The number of nitrogens with one attached hydrogen (secondary N) is 1. The minimum absolute atomic E-state index is 0.0188. The molecule has 2 aromatic heterocycles. The average molecular weight is 613 g/mol. The largest absolute Gasteiger partial charge is 0.451 e. The summed E-state index contributed by atoms with van der Waals surface area (Å²) >= 11 is 6.46. The number of alkyl halides is 5. The highest BCUT2D eigenvalue weighted by Crippen LogP contribution is 2.34. The minimum atomic E-state index is -4.73. The van der Waals surface area contributed by atoms with Gasteiger partial charge in [0, 0.05) is 68.9 Å². The van der Waals surface area contributed by atoms with Crippen LogP contribution < -0.4 is 10.2 Å². The third-order valence-electron chi connectivity index (χ3n) is 7.51. The smallest absolute Gasteiger partial charge is 0.372 e. The molecule has 0 radical (unpaired) electrons. The lowest BCUT2D eigenvalue weighted by atomic mass is 10.0. The van der Waals surface area contributed by atoms with Crippen LogP contribution in [-0.2, 0) is 10.9 Å². The summed E-state index contributed by atoms with van der Waals surface area (Å²) in [6, 6.07) is 6.15. The number of morpholine rings is 1. The van der Waals surface area contributed by atoms with Gasteiger partial charge in [0.2, 0.25) is 5.82 Å². The van der Waals surface area contributed by atoms with Crippen LogP contribution >= 0.6 is 11.6 Å². The summed E-state index contributed by atoms with van der Waals surface area (Å²) in [6.07, 6.45) is -3.45. The fraction of sp³-hybridized carbons (Fsp3) is 0.500. The SMILES string of the molecule is CC1CN(c2ccc3c(C(=O)NCC(c4cnc(C(F)(F)F)nc4)N4CCC(F)(F)CC4)c(Cl)ccc3n2)CC(C)O1. The quantitative estimate of drug-likeness (QED) is 0.368. The highest BCUT2D eigenvalue weighted by molar-refractivity contribution is 6.35. The lowest BCUT2D eigenvalue weighted by Crippen LogP contribution is -2.45. The second kappa shape index (κ2) is 11.8. The summed E-state index contributed by atoms with van der Waals surface area (Å²) in [7, 11) is 0. The van der Waals surface area contributed by atoms with E-state index in [2.05, 4.69) is 20.2 Å². The van der Waals surface area contributed by atoms with Gasteiger partial charge >= 0.3 is 6.18 Å². The Kier molecular flexibility index (Phi) is 8.55. The number of likely N-dealkylation sites (tertiary alicyclic amines) is 1. The third-order valence-corrected chi connectivity index (χ3v) is 7.83. The number of amides is 1. The van der Waals surface area contributed by atoms with Gasteiger partial charge in [-0.15, -0.1) is 0 Å². The highest BCUT2D eigenvalue weighted by Gasteiger charge is 2.38. The van der Waals surface area contributed by atoms with Crippen molar-refractivity contribution < 1.29 is 31.5 Å². The van der Waals surface area contributed by atoms with Crippen LogP contribution in [0.1, 0.15) is 54.5 Å². The predicted molar refractivity (Wildman–Crippen MR) is 147 cm³/mol. The van der Waals surface area contributed by atoms with E-state index in [1.807, 2.05) is 19.9 Å². The lowest BCUT2D eigenvalue weighted by molar-refractivity contribution is -0.145. The summed E-state index contributed by atoms with van der Waals surface area (Å²) in [4.78, 5) is 28.9. The first-order valence-corrected chi connectivity index (χ1v) is 14.0. The third kappa shape index (κ3) is 6.73. The first-order chi connectivity index (χ1) is 19.8. The van der Waals surface area contributed by atoms with Gasteiger partial charge in [-0.05, 0) is 38.1 Å². The molecule has 0 aliphatic carbocycles. The minimum Gasteiger partial charge on any atom is -0.372 e. The zero-order valence-electron chi connectivity index (χ0n) is 23.0. The van der Waals surface area contributed by atoms with E-state index >= 15 is 0 Å². The molecule has 3 aromatic rings. The van der Waals surface area contributed by atoms with Crippen LogP contribution in [-0.4, -0.2) is 76.6 Å². The second-order valence-corrected chi connectivity index (χ2v) is 11.2. The van der Waals surface area contributed by atoms with Gasteiger partial charge in [-0.2, -0.15) is 13.2 Å². The van der Waals surface area contributed by atoms with E-state index in [0.717, 1.165) is 18.2 Å². The van der Waals surface area contributed by atoms with Crippen LogP contribution in [0.25, 0.3) is 10.9 Å². The number of hydrogen-bond donors (Lipinski definition) is 1. The number of carbonyl (C=O) groups excluding carboxylic acids is 1. The van der Waals surface area contributed by atoms with Crippen LogP contribution in [0.15, 0.2) is 36.7 Å². The van der Waals surface area contributed by atoms with Crippen molar-refractivity contribution in [3.05, 3.63) is 58.6 Å². The van der Waals surface area contributed by atoms with Crippen LogP contribution in [0.2, 0.25) is 5.02 Å². The van der Waals surface area contributed by atoms with E-state index in [9.17, 15) is 26.7 Å². The molecule has 2 aliphatic rings. The van der Waals surface area contributed by atoms with E-state index < -0.39 is 42.7 Å². The van der Waals surface area contributed by atoms with E-state index in [4.69, 9.17) is 21.3 Å². The van der Waals surface area contributed by atoms with E-state index in [1.54, 1.807) is 23.1 Å². The summed E-state index contributed by atoms with van der Waals surface area (Å²) in [5.74, 6) is -3.94. The molecule has 3 atom stereocenters. The Balaban J connectivity index is 1.38. The fourth-order valence-corrected chi connectivity index (χ4v) is 5.74. The molecule has 2 fully saturated rings. The second-order valence-electron chi connectivity index (χ2n) is 10.8. The van der Waals surface area contributed by atoms with Gasteiger partial charge in [0.1, 0.15) is 5.82 Å². The topological polar surface area (TPSA) is 83.5 Å². The van der Waals surface area contributed by atoms with Crippen LogP contribution in [0.3, 0.4) is 0 Å². The number of piperidine rings is 1. The van der Waals surface area contributed by atoms with Crippen molar-refractivity contribution in [2.75, 3.05) is 37.6 Å². The molecule has 2 saturated heterocycles. The van der Waals surface area contributed by atoms with Crippen molar-refractivity contribution in [1.82, 2.24) is 25.2 Å². The lowest BCUT2D eigenvalue weighted by Gasteiger charge is -2.37. The number of carbonyl (C=O) groups is 1. The number of fused-ring (bicyclic) bond motifs is 1. The molecule has 5 rings (SSSR count).